The van der Waals surface area contributed by atoms with Crippen LogP contribution >= 0.6 is 0 Å². The quantitative estimate of drug-likeness (QED) is 0.839. The lowest BCUT2D eigenvalue weighted by Crippen LogP contribution is -2.29. The predicted molar refractivity (Wildman–Crippen MR) is 67.1 cm³/mol. The van der Waals surface area contributed by atoms with Crippen LogP contribution in [0.4, 0.5) is 0 Å². The van der Waals surface area contributed by atoms with Crippen LogP contribution in [0.5, 0.6) is 5.75 Å². The van der Waals surface area contributed by atoms with E-state index in [4.69, 9.17) is 0 Å². The third-order valence-corrected chi connectivity index (χ3v) is 3.41. The fourth-order valence-corrected chi connectivity index (χ4v) is 2.01. The van der Waals surface area contributed by atoms with Crippen molar-refractivity contribution < 1.29 is 9.90 Å². The van der Waals surface area contributed by atoms with Gasteiger partial charge in [0.05, 0.1) is 5.56 Å². The Hall–Kier alpha value is -1.51. The lowest BCUT2D eigenvalue weighted by molar-refractivity contribution is 0.0944. The fourth-order valence-electron chi connectivity index (χ4n) is 2.01. The molecule has 1 unspecified atom stereocenters. The van der Waals surface area contributed by atoms with Gasteiger partial charge in [-0.3, -0.25) is 4.79 Å². The average Bonchev–Trinajstić information content (AvgIpc) is 3.12. The number of benzene rings is 1. The number of hydrogen-bond donors (Lipinski definition) is 2. The SMILES string of the molecule is Cc1ccc(O)c(C(=O)NCC(C)C2CC2)c1. The molecule has 0 heterocycles. The Morgan fingerprint density at radius 1 is 1.53 bits per heavy atom. The van der Waals surface area contributed by atoms with E-state index in [1.54, 1.807) is 18.2 Å². The molecule has 0 aromatic heterocycles. The molecule has 1 amide bonds. The van der Waals surface area contributed by atoms with E-state index in [0.29, 0.717) is 18.0 Å². The largest absolute Gasteiger partial charge is 0.507 e. The Bertz CT molecular complexity index is 424. The third-order valence-electron chi connectivity index (χ3n) is 3.41. The number of aryl methyl sites for hydroxylation is 1. The molecule has 1 aliphatic rings. The van der Waals surface area contributed by atoms with Gasteiger partial charge in [0.15, 0.2) is 0 Å². The van der Waals surface area contributed by atoms with E-state index in [-0.39, 0.29) is 11.7 Å². The Balaban J connectivity index is 1.96. The summed E-state index contributed by atoms with van der Waals surface area (Å²) in [7, 11) is 0. The molecule has 17 heavy (non-hydrogen) atoms. The molecule has 2 N–H and O–H groups in total. The first kappa shape index (κ1) is 12.0. The van der Waals surface area contributed by atoms with Crippen molar-refractivity contribution in [2.75, 3.05) is 6.54 Å². The molecule has 1 saturated carbocycles. The van der Waals surface area contributed by atoms with Gasteiger partial charge in [-0.2, -0.15) is 0 Å². The van der Waals surface area contributed by atoms with Crippen LogP contribution in [0.2, 0.25) is 0 Å². The minimum Gasteiger partial charge on any atom is -0.507 e. The van der Waals surface area contributed by atoms with Crippen molar-refractivity contribution in [2.45, 2.75) is 26.7 Å². The van der Waals surface area contributed by atoms with E-state index < -0.39 is 0 Å². The van der Waals surface area contributed by atoms with Crippen LogP contribution in [0, 0.1) is 18.8 Å². The summed E-state index contributed by atoms with van der Waals surface area (Å²) in [4.78, 5) is 11.9. The molecule has 1 atom stereocenters. The molecule has 1 aliphatic carbocycles. The first-order chi connectivity index (χ1) is 8.08. The number of nitrogens with one attached hydrogen (secondary N) is 1. The lowest BCUT2D eigenvalue weighted by atomic mass is 10.1. The number of carbonyl (C=O) groups is 1. The fraction of sp³-hybridized carbons (Fsp3) is 0.500. The molecule has 1 aromatic rings. The number of hydrogen-bond acceptors (Lipinski definition) is 2. The number of amides is 1. The summed E-state index contributed by atoms with van der Waals surface area (Å²) in [5.41, 5.74) is 1.34. The zero-order chi connectivity index (χ0) is 12.4. The second-order valence-electron chi connectivity index (χ2n) is 5.05. The van der Waals surface area contributed by atoms with Crippen LogP contribution in [-0.4, -0.2) is 17.6 Å². The van der Waals surface area contributed by atoms with E-state index in [9.17, 15) is 9.90 Å². The zero-order valence-electron chi connectivity index (χ0n) is 10.4. The summed E-state index contributed by atoms with van der Waals surface area (Å²) < 4.78 is 0. The van der Waals surface area contributed by atoms with Crippen molar-refractivity contribution in [1.82, 2.24) is 5.32 Å². The second kappa shape index (κ2) is 4.78. The number of carbonyl (C=O) groups excluding carboxylic acids is 1. The van der Waals surface area contributed by atoms with E-state index in [1.807, 2.05) is 6.92 Å². The normalized spacial score (nSPS) is 16.6. The van der Waals surface area contributed by atoms with E-state index in [1.165, 1.54) is 12.8 Å². The minimum atomic E-state index is -0.182. The van der Waals surface area contributed by atoms with Gasteiger partial charge in [0, 0.05) is 6.54 Å². The summed E-state index contributed by atoms with van der Waals surface area (Å²) in [5, 5.41) is 12.5. The van der Waals surface area contributed by atoms with Gasteiger partial charge in [-0.15, -0.1) is 0 Å². The highest BCUT2D eigenvalue weighted by Crippen LogP contribution is 2.36. The third kappa shape index (κ3) is 2.99. The maximum absolute atomic E-state index is 11.9. The van der Waals surface area contributed by atoms with Crippen molar-refractivity contribution in [1.29, 1.82) is 0 Å². The highest BCUT2D eigenvalue weighted by molar-refractivity contribution is 5.96. The Labute approximate surface area is 102 Å². The van der Waals surface area contributed by atoms with E-state index in [2.05, 4.69) is 12.2 Å². The Kier molecular flexibility index (Phi) is 3.36. The van der Waals surface area contributed by atoms with Crippen molar-refractivity contribution in [3.63, 3.8) is 0 Å². The number of aromatic hydroxyl groups is 1. The highest BCUT2D eigenvalue weighted by atomic mass is 16.3. The molecule has 0 bridgehead atoms. The van der Waals surface area contributed by atoms with Gasteiger partial charge in [0.2, 0.25) is 0 Å². The van der Waals surface area contributed by atoms with Gasteiger partial charge in [-0.25, -0.2) is 0 Å². The predicted octanol–water partition coefficient (Wildman–Crippen LogP) is 2.48. The molecule has 1 aromatic carbocycles. The molecule has 3 nitrogen and oxygen atoms in total. The zero-order valence-corrected chi connectivity index (χ0v) is 10.4. The van der Waals surface area contributed by atoms with Crippen LogP contribution in [-0.2, 0) is 0 Å². The van der Waals surface area contributed by atoms with E-state index >= 15 is 0 Å². The van der Waals surface area contributed by atoms with E-state index in [0.717, 1.165) is 11.5 Å². The van der Waals surface area contributed by atoms with Gasteiger partial charge in [-0.1, -0.05) is 18.6 Å². The summed E-state index contributed by atoms with van der Waals surface area (Å²) in [6.07, 6.45) is 2.57. The monoisotopic (exact) mass is 233 g/mol. The average molecular weight is 233 g/mol. The maximum atomic E-state index is 11.9. The molecule has 0 aliphatic heterocycles. The second-order valence-corrected chi connectivity index (χ2v) is 5.05. The first-order valence-electron chi connectivity index (χ1n) is 6.15. The molecule has 0 radical (unpaired) electrons. The van der Waals surface area contributed by atoms with Crippen LogP contribution in [0.25, 0.3) is 0 Å². The van der Waals surface area contributed by atoms with Gasteiger partial charge in [-0.05, 0) is 43.7 Å². The molecular formula is C14H19NO2. The summed E-state index contributed by atoms with van der Waals surface area (Å²) in [5.74, 6) is 1.18. The summed E-state index contributed by atoms with van der Waals surface area (Å²) >= 11 is 0. The maximum Gasteiger partial charge on any atom is 0.255 e. The number of phenols is 1. The molecule has 0 saturated heterocycles. The topological polar surface area (TPSA) is 49.3 Å². The molecule has 2 rings (SSSR count). The van der Waals surface area contributed by atoms with Gasteiger partial charge in [0.1, 0.15) is 5.75 Å². The van der Waals surface area contributed by atoms with Crippen molar-refractivity contribution in [2.24, 2.45) is 11.8 Å². The minimum absolute atomic E-state index is 0.0483. The molecule has 1 fully saturated rings. The van der Waals surface area contributed by atoms with Crippen LogP contribution in [0.1, 0.15) is 35.7 Å². The van der Waals surface area contributed by atoms with Crippen molar-refractivity contribution in [3.8, 4) is 5.75 Å². The smallest absolute Gasteiger partial charge is 0.255 e. The Morgan fingerprint density at radius 3 is 2.88 bits per heavy atom. The summed E-state index contributed by atoms with van der Waals surface area (Å²) in [6, 6.07) is 5.07. The number of rotatable bonds is 4. The van der Waals surface area contributed by atoms with Gasteiger partial charge < -0.3 is 10.4 Å². The molecular weight excluding hydrogens is 214 g/mol. The molecule has 0 spiro atoms. The van der Waals surface area contributed by atoms with Crippen molar-refractivity contribution >= 4 is 5.91 Å². The summed E-state index contributed by atoms with van der Waals surface area (Å²) in [6.45, 7) is 4.76. The standard InChI is InChI=1S/C14H19NO2/c1-9-3-6-13(16)12(7-9)14(17)15-8-10(2)11-4-5-11/h3,6-7,10-11,16H,4-5,8H2,1-2H3,(H,15,17). The highest BCUT2D eigenvalue weighted by Gasteiger charge is 2.28. The van der Waals surface area contributed by atoms with Gasteiger partial charge >= 0.3 is 0 Å². The first-order valence-corrected chi connectivity index (χ1v) is 6.15. The number of phenolic OH excluding ortho intramolecular Hbond substituents is 1. The Morgan fingerprint density at radius 2 is 2.24 bits per heavy atom. The molecule has 92 valence electrons. The lowest BCUT2D eigenvalue weighted by Gasteiger charge is -2.12. The van der Waals surface area contributed by atoms with Crippen LogP contribution < -0.4 is 5.32 Å². The van der Waals surface area contributed by atoms with Crippen LogP contribution in [0.15, 0.2) is 18.2 Å². The van der Waals surface area contributed by atoms with Crippen molar-refractivity contribution in [3.05, 3.63) is 29.3 Å². The molecule has 3 heteroatoms. The van der Waals surface area contributed by atoms with Gasteiger partial charge in [0.25, 0.3) is 5.91 Å². The van der Waals surface area contributed by atoms with Crippen LogP contribution in [0.3, 0.4) is 0 Å².